The van der Waals surface area contributed by atoms with E-state index in [-0.39, 0.29) is 13.0 Å². The highest BCUT2D eigenvalue weighted by atomic mass is 16.4. The highest BCUT2D eigenvalue weighted by molar-refractivity contribution is 5.94. The molecule has 0 saturated heterocycles. The van der Waals surface area contributed by atoms with Crippen molar-refractivity contribution < 1.29 is 34.2 Å². The molecule has 0 fully saturated rings. The predicted molar refractivity (Wildman–Crippen MR) is 101 cm³/mol. The van der Waals surface area contributed by atoms with E-state index in [0.29, 0.717) is 0 Å². The van der Waals surface area contributed by atoms with E-state index in [0.717, 1.165) is 5.56 Å². The average Bonchev–Trinajstić information content (AvgIpc) is 2.66. The highest BCUT2D eigenvalue weighted by Crippen LogP contribution is 2.04. The van der Waals surface area contributed by atoms with Crippen LogP contribution >= 0.6 is 0 Å². The number of aliphatic carboxylic acids is 2. The fraction of sp³-hybridized carbons (Fsp3) is 0.389. The number of amides is 3. The lowest BCUT2D eigenvalue weighted by molar-refractivity contribution is -0.147. The third-order valence-electron chi connectivity index (χ3n) is 3.87. The van der Waals surface area contributed by atoms with Crippen molar-refractivity contribution in [2.45, 2.75) is 37.9 Å². The quantitative estimate of drug-likeness (QED) is 0.248. The maximum Gasteiger partial charge on any atom is 0.326 e. The summed E-state index contributed by atoms with van der Waals surface area (Å²) >= 11 is 0. The predicted octanol–water partition coefficient (Wildman–Crippen LogP) is -1.78. The minimum absolute atomic E-state index is 0.142. The van der Waals surface area contributed by atoms with Crippen molar-refractivity contribution in [3.8, 4) is 0 Å². The van der Waals surface area contributed by atoms with Gasteiger partial charge in [0.2, 0.25) is 17.7 Å². The monoisotopic (exact) mass is 408 g/mol. The molecule has 0 aliphatic carbocycles. The standard InChI is InChI=1S/C18H24N4O7/c1-10(16(26)22-13(18(28)29)8-15(24)25)20-17(27)12(21-14(23)9-19)7-11-5-3-2-4-6-11/h2-6,10,12-13H,7-9,19H2,1H3,(H,20,27)(H,21,23)(H,22,26)(H,24,25)(H,28,29)/t10-,12+,13-/m0/s1. The minimum atomic E-state index is -1.64. The van der Waals surface area contributed by atoms with Crippen molar-refractivity contribution in [2.75, 3.05) is 6.54 Å². The third-order valence-corrected chi connectivity index (χ3v) is 3.87. The number of carbonyl (C=O) groups is 5. The van der Waals surface area contributed by atoms with Crippen LogP contribution in [0.3, 0.4) is 0 Å². The molecular weight excluding hydrogens is 384 g/mol. The fourth-order valence-corrected chi connectivity index (χ4v) is 2.36. The van der Waals surface area contributed by atoms with Crippen molar-refractivity contribution in [2.24, 2.45) is 5.73 Å². The van der Waals surface area contributed by atoms with Gasteiger partial charge in [-0.25, -0.2) is 4.79 Å². The van der Waals surface area contributed by atoms with E-state index in [1.165, 1.54) is 6.92 Å². The smallest absolute Gasteiger partial charge is 0.326 e. The molecule has 1 rings (SSSR count). The summed E-state index contributed by atoms with van der Waals surface area (Å²) in [5, 5.41) is 24.6. The molecule has 0 saturated carbocycles. The van der Waals surface area contributed by atoms with Crippen LogP contribution in [0.4, 0.5) is 0 Å². The molecule has 1 aromatic rings. The van der Waals surface area contributed by atoms with Gasteiger partial charge in [0.15, 0.2) is 0 Å². The molecule has 3 amide bonds. The number of nitrogens with one attached hydrogen (secondary N) is 3. The maximum absolute atomic E-state index is 12.6. The molecule has 0 unspecified atom stereocenters. The van der Waals surface area contributed by atoms with Gasteiger partial charge in [0, 0.05) is 6.42 Å². The van der Waals surface area contributed by atoms with Crippen LogP contribution in [0.5, 0.6) is 0 Å². The Morgan fingerprint density at radius 3 is 2.07 bits per heavy atom. The van der Waals surface area contributed by atoms with Crippen LogP contribution < -0.4 is 21.7 Å². The first-order valence-corrected chi connectivity index (χ1v) is 8.72. The van der Waals surface area contributed by atoms with Gasteiger partial charge in [-0.15, -0.1) is 0 Å². The van der Waals surface area contributed by atoms with Gasteiger partial charge in [-0.05, 0) is 12.5 Å². The molecule has 11 heteroatoms. The zero-order chi connectivity index (χ0) is 22.0. The molecule has 3 atom stereocenters. The molecule has 0 aliphatic heterocycles. The Bertz CT molecular complexity index is 754. The summed E-state index contributed by atoms with van der Waals surface area (Å²) in [6.07, 6.45) is -0.672. The summed E-state index contributed by atoms with van der Waals surface area (Å²) in [5.41, 5.74) is 6.03. The second-order valence-corrected chi connectivity index (χ2v) is 6.24. The first kappa shape index (κ1) is 23.6. The molecule has 0 aromatic heterocycles. The molecule has 29 heavy (non-hydrogen) atoms. The SMILES string of the molecule is C[C@H](NC(=O)[C@@H](Cc1ccccc1)NC(=O)CN)C(=O)N[C@@H](CC(=O)O)C(=O)O. The van der Waals surface area contributed by atoms with E-state index in [4.69, 9.17) is 15.9 Å². The zero-order valence-corrected chi connectivity index (χ0v) is 15.8. The van der Waals surface area contributed by atoms with Crippen molar-refractivity contribution in [3.63, 3.8) is 0 Å². The van der Waals surface area contributed by atoms with Crippen molar-refractivity contribution in [1.29, 1.82) is 0 Å². The summed E-state index contributed by atoms with van der Waals surface area (Å²) in [7, 11) is 0. The number of rotatable bonds is 11. The van der Waals surface area contributed by atoms with E-state index in [1.54, 1.807) is 30.3 Å². The lowest BCUT2D eigenvalue weighted by Crippen LogP contribution is -2.56. The topological polar surface area (TPSA) is 188 Å². The summed E-state index contributed by atoms with van der Waals surface area (Å²) in [6, 6.07) is 5.00. The van der Waals surface area contributed by atoms with Gasteiger partial charge in [0.25, 0.3) is 0 Å². The first-order chi connectivity index (χ1) is 13.6. The van der Waals surface area contributed by atoms with E-state index in [9.17, 15) is 24.0 Å². The van der Waals surface area contributed by atoms with Gasteiger partial charge >= 0.3 is 11.9 Å². The van der Waals surface area contributed by atoms with Gasteiger partial charge < -0.3 is 31.9 Å². The largest absolute Gasteiger partial charge is 0.481 e. The van der Waals surface area contributed by atoms with E-state index < -0.39 is 54.2 Å². The lowest BCUT2D eigenvalue weighted by atomic mass is 10.0. The van der Waals surface area contributed by atoms with E-state index in [2.05, 4.69) is 16.0 Å². The summed E-state index contributed by atoms with van der Waals surface area (Å²) in [6.45, 7) is 0.974. The summed E-state index contributed by atoms with van der Waals surface area (Å²) < 4.78 is 0. The number of carboxylic acids is 2. The summed E-state index contributed by atoms with van der Waals surface area (Å²) in [4.78, 5) is 58.1. The number of hydrogen-bond acceptors (Lipinski definition) is 6. The van der Waals surface area contributed by atoms with E-state index in [1.807, 2.05) is 0 Å². The normalized spacial score (nSPS) is 13.4. The number of benzene rings is 1. The molecule has 0 heterocycles. The Hall–Kier alpha value is -3.47. The van der Waals surface area contributed by atoms with Crippen molar-refractivity contribution in [3.05, 3.63) is 35.9 Å². The fourth-order valence-electron chi connectivity index (χ4n) is 2.36. The molecule has 7 N–H and O–H groups in total. The molecular formula is C18H24N4O7. The Labute approximate surface area is 166 Å². The molecule has 1 aromatic carbocycles. The van der Waals surface area contributed by atoms with E-state index >= 15 is 0 Å². The number of carbonyl (C=O) groups excluding carboxylic acids is 3. The highest BCUT2D eigenvalue weighted by Gasteiger charge is 2.28. The molecule has 0 bridgehead atoms. The van der Waals surface area contributed by atoms with Crippen LogP contribution in [0.25, 0.3) is 0 Å². The van der Waals surface area contributed by atoms with Crippen LogP contribution in [-0.4, -0.2) is 64.5 Å². The zero-order valence-electron chi connectivity index (χ0n) is 15.8. The Morgan fingerprint density at radius 1 is 0.931 bits per heavy atom. The third kappa shape index (κ3) is 8.39. The second kappa shape index (κ2) is 11.4. The minimum Gasteiger partial charge on any atom is -0.481 e. The summed E-state index contributed by atoms with van der Waals surface area (Å²) in [5.74, 6) is -5.04. The number of hydrogen-bond donors (Lipinski definition) is 6. The Kier molecular flexibility index (Phi) is 9.26. The molecule has 0 aliphatic rings. The van der Waals surface area contributed by atoms with Crippen molar-refractivity contribution in [1.82, 2.24) is 16.0 Å². The van der Waals surface area contributed by atoms with Crippen molar-refractivity contribution >= 4 is 29.7 Å². The molecule has 0 spiro atoms. The number of carboxylic acid groups (broad SMARTS) is 2. The molecule has 11 nitrogen and oxygen atoms in total. The van der Waals surface area contributed by atoms with Gasteiger partial charge in [-0.3, -0.25) is 19.2 Å². The Balaban J connectivity index is 2.80. The van der Waals surface area contributed by atoms with Crippen LogP contribution in [0.15, 0.2) is 30.3 Å². The molecule has 0 radical (unpaired) electrons. The first-order valence-electron chi connectivity index (χ1n) is 8.72. The van der Waals surface area contributed by atoms with Gasteiger partial charge in [-0.1, -0.05) is 30.3 Å². The Morgan fingerprint density at radius 2 is 1.55 bits per heavy atom. The molecule has 158 valence electrons. The van der Waals surface area contributed by atoms with Gasteiger partial charge in [-0.2, -0.15) is 0 Å². The lowest BCUT2D eigenvalue weighted by Gasteiger charge is -2.22. The van der Waals surface area contributed by atoms with Gasteiger partial charge in [0.05, 0.1) is 13.0 Å². The average molecular weight is 408 g/mol. The van der Waals surface area contributed by atoms with Gasteiger partial charge in [0.1, 0.15) is 18.1 Å². The maximum atomic E-state index is 12.6. The van der Waals surface area contributed by atoms with Crippen LogP contribution in [-0.2, 0) is 30.4 Å². The van der Waals surface area contributed by atoms with Crippen LogP contribution in [0.2, 0.25) is 0 Å². The number of nitrogens with two attached hydrogens (primary N) is 1. The second-order valence-electron chi connectivity index (χ2n) is 6.24. The van der Waals surface area contributed by atoms with Crippen LogP contribution in [0.1, 0.15) is 18.9 Å². The van der Waals surface area contributed by atoms with Crippen LogP contribution in [0, 0.1) is 0 Å².